The normalized spacial score (nSPS) is 19.0. The Kier molecular flexibility index (Phi) is 6.00. The van der Waals surface area contributed by atoms with E-state index in [-0.39, 0.29) is 29.4 Å². The number of hydrogen-bond acceptors (Lipinski definition) is 5. The minimum absolute atomic E-state index is 0.0357. The first-order chi connectivity index (χ1) is 14.8. The molecule has 160 valence electrons. The number of aliphatic hydroxyl groups excluding tert-OH is 1. The largest absolute Gasteiger partial charge is 0.391 e. The molecular weight excluding hydrogens is 421 g/mol. The van der Waals surface area contributed by atoms with Crippen molar-refractivity contribution in [3.63, 3.8) is 0 Å². The van der Waals surface area contributed by atoms with E-state index in [2.05, 4.69) is 5.10 Å². The Bertz CT molecular complexity index is 1180. The van der Waals surface area contributed by atoms with Gasteiger partial charge in [0.25, 0.3) is 5.56 Å². The summed E-state index contributed by atoms with van der Waals surface area (Å²) < 4.78 is 14.8. The second kappa shape index (κ2) is 8.70. The second-order valence-electron chi connectivity index (χ2n) is 7.82. The SMILES string of the molecule is CN1C[C@@H](CC(=O)c2cc(-c3ccc(Cl)cc3)nn(-c3cccc(F)c3)c2=O)[C@@H](O)C1. The molecule has 2 atom stereocenters. The molecule has 1 fully saturated rings. The van der Waals surface area contributed by atoms with Crippen molar-refractivity contribution < 1.29 is 14.3 Å². The molecule has 4 rings (SSSR count). The van der Waals surface area contributed by atoms with Gasteiger partial charge in [0.15, 0.2) is 5.78 Å². The van der Waals surface area contributed by atoms with Gasteiger partial charge in [-0.25, -0.2) is 4.39 Å². The number of nitrogens with zero attached hydrogens (tertiary/aromatic N) is 3. The van der Waals surface area contributed by atoms with Crippen molar-refractivity contribution in [1.82, 2.24) is 14.7 Å². The van der Waals surface area contributed by atoms with Crippen LogP contribution in [-0.4, -0.2) is 51.8 Å². The van der Waals surface area contributed by atoms with Crippen LogP contribution in [0.3, 0.4) is 0 Å². The lowest BCUT2D eigenvalue weighted by atomic mass is 9.96. The van der Waals surface area contributed by atoms with Gasteiger partial charge in [0, 0.05) is 36.0 Å². The van der Waals surface area contributed by atoms with Crippen LogP contribution in [0.25, 0.3) is 16.9 Å². The zero-order valence-electron chi connectivity index (χ0n) is 16.8. The molecule has 0 unspecified atom stereocenters. The molecule has 31 heavy (non-hydrogen) atoms. The first kappa shape index (κ1) is 21.4. The number of aromatic nitrogens is 2. The van der Waals surface area contributed by atoms with E-state index in [0.29, 0.717) is 29.4 Å². The van der Waals surface area contributed by atoms with Crippen LogP contribution in [-0.2, 0) is 0 Å². The first-order valence-corrected chi connectivity index (χ1v) is 10.3. The van der Waals surface area contributed by atoms with Gasteiger partial charge in [0.1, 0.15) is 5.82 Å². The molecule has 1 aliphatic heterocycles. The van der Waals surface area contributed by atoms with Gasteiger partial charge in [-0.3, -0.25) is 9.59 Å². The second-order valence-corrected chi connectivity index (χ2v) is 8.26. The lowest BCUT2D eigenvalue weighted by Crippen LogP contribution is -2.30. The van der Waals surface area contributed by atoms with Crippen LogP contribution in [0.15, 0.2) is 59.4 Å². The van der Waals surface area contributed by atoms with E-state index in [0.717, 1.165) is 4.68 Å². The zero-order valence-corrected chi connectivity index (χ0v) is 17.6. The molecular formula is C23H21ClFN3O3. The van der Waals surface area contributed by atoms with Crippen LogP contribution in [0, 0.1) is 11.7 Å². The number of hydrogen-bond donors (Lipinski definition) is 1. The summed E-state index contributed by atoms with van der Waals surface area (Å²) in [6.07, 6.45) is -0.592. The third-order valence-corrected chi connectivity index (χ3v) is 5.69. The Hall–Kier alpha value is -2.87. The van der Waals surface area contributed by atoms with Crippen molar-refractivity contribution in [2.75, 3.05) is 20.1 Å². The van der Waals surface area contributed by atoms with Gasteiger partial charge in [-0.05, 0) is 43.4 Å². The van der Waals surface area contributed by atoms with E-state index < -0.39 is 17.5 Å². The van der Waals surface area contributed by atoms with E-state index in [1.54, 1.807) is 30.3 Å². The van der Waals surface area contributed by atoms with Crippen molar-refractivity contribution in [2.24, 2.45) is 5.92 Å². The minimum atomic E-state index is -0.630. The average molecular weight is 442 g/mol. The Morgan fingerprint density at radius 3 is 2.58 bits per heavy atom. The summed E-state index contributed by atoms with van der Waals surface area (Å²) in [4.78, 5) is 28.2. The monoisotopic (exact) mass is 441 g/mol. The third-order valence-electron chi connectivity index (χ3n) is 5.44. The van der Waals surface area contributed by atoms with E-state index in [4.69, 9.17) is 11.6 Å². The molecule has 2 heterocycles. The highest BCUT2D eigenvalue weighted by molar-refractivity contribution is 6.30. The number of halogens is 2. The Labute approximate surface area is 183 Å². The molecule has 2 aromatic carbocycles. The number of likely N-dealkylation sites (tertiary alicyclic amines) is 1. The van der Waals surface area contributed by atoms with Gasteiger partial charge >= 0.3 is 0 Å². The van der Waals surface area contributed by atoms with E-state index in [1.807, 2.05) is 11.9 Å². The number of rotatable bonds is 5. The maximum Gasteiger partial charge on any atom is 0.282 e. The predicted molar refractivity (Wildman–Crippen MR) is 116 cm³/mol. The Balaban J connectivity index is 1.80. The van der Waals surface area contributed by atoms with E-state index >= 15 is 0 Å². The standard InChI is InChI=1S/C23H21ClFN3O3/c1-27-12-15(22(30)13-27)9-21(29)19-11-20(14-5-7-16(24)8-6-14)26-28(23(19)31)18-4-2-3-17(25)10-18/h2-8,10-11,15,22,30H,9,12-13H2,1H3/t15-,22+/m1/s1. The minimum Gasteiger partial charge on any atom is -0.391 e. The number of benzene rings is 2. The van der Waals surface area contributed by atoms with Gasteiger partial charge in [-0.15, -0.1) is 0 Å². The summed E-state index contributed by atoms with van der Waals surface area (Å²) in [5.41, 5.74) is 0.577. The van der Waals surface area contributed by atoms with Crippen molar-refractivity contribution in [3.05, 3.63) is 81.4 Å². The molecule has 3 aromatic rings. The topological polar surface area (TPSA) is 75.4 Å². The highest BCUT2D eigenvalue weighted by Gasteiger charge is 2.32. The number of carbonyl (C=O) groups excluding carboxylic acids is 1. The number of Topliss-reactive ketones (excluding diaryl/α,β-unsaturated/α-hetero) is 1. The summed E-state index contributed by atoms with van der Waals surface area (Å²) in [6.45, 7) is 1.05. The molecule has 0 radical (unpaired) electrons. The quantitative estimate of drug-likeness (QED) is 0.615. The van der Waals surface area contributed by atoms with E-state index in [9.17, 15) is 19.1 Å². The molecule has 0 spiro atoms. The van der Waals surface area contributed by atoms with E-state index in [1.165, 1.54) is 24.3 Å². The fraction of sp³-hybridized carbons (Fsp3) is 0.261. The first-order valence-electron chi connectivity index (χ1n) is 9.88. The number of aliphatic hydroxyl groups is 1. The summed E-state index contributed by atoms with van der Waals surface area (Å²) in [5.74, 6) is -1.16. The fourth-order valence-electron chi connectivity index (χ4n) is 3.85. The lowest BCUT2D eigenvalue weighted by molar-refractivity contribution is 0.0892. The molecule has 1 aliphatic rings. The fourth-order valence-corrected chi connectivity index (χ4v) is 3.98. The average Bonchev–Trinajstić information content (AvgIpc) is 3.05. The van der Waals surface area contributed by atoms with Crippen LogP contribution in [0.5, 0.6) is 0 Å². The molecule has 0 amide bonds. The van der Waals surface area contributed by atoms with Crippen molar-refractivity contribution in [2.45, 2.75) is 12.5 Å². The molecule has 0 aliphatic carbocycles. The Morgan fingerprint density at radius 1 is 1.19 bits per heavy atom. The molecule has 0 bridgehead atoms. The molecule has 1 saturated heterocycles. The molecule has 6 nitrogen and oxygen atoms in total. The van der Waals surface area contributed by atoms with Crippen LogP contribution in [0.2, 0.25) is 5.02 Å². The van der Waals surface area contributed by atoms with Gasteiger partial charge in [-0.2, -0.15) is 9.78 Å². The number of ketones is 1. The summed E-state index contributed by atoms with van der Waals surface area (Å²) >= 11 is 5.97. The van der Waals surface area contributed by atoms with Crippen LogP contribution in [0.1, 0.15) is 16.8 Å². The van der Waals surface area contributed by atoms with Crippen LogP contribution >= 0.6 is 11.6 Å². The summed E-state index contributed by atoms with van der Waals surface area (Å²) in [5, 5.41) is 15.1. The maximum atomic E-state index is 13.8. The third kappa shape index (κ3) is 4.58. The summed E-state index contributed by atoms with van der Waals surface area (Å²) in [6, 6.07) is 13.8. The molecule has 1 N–H and O–H groups in total. The van der Waals surface area contributed by atoms with Gasteiger partial charge in [-0.1, -0.05) is 29.8 Å². The Morgan fingerprint density at radius 2 is 1.94 bits per heavy atom. The number of β-amino-alcohol motifs (C(OH)–C–C–N with tert-alkyl or cyclic N) is 1. The molecule has 8 heteroatoms. The maximum absolute atomic E-state index is 13.8. The smallest absolute Gasteiger partial charge is 0.282 e. The summed E-state index contributed by atoms with van der Waals surface area (Å²) in [7, 11) is 1.87. The van der Waals surface area contributed by atoms with Crippen LogP contribution < -0.4 is 5.56 Å². The van der Waals surface area contributed by atoms with Gasteiger partial charge in [0.05, 0.1) is 23.0 Å². The van der Waals surface area contributed by atoms with Crippen molar-refractivity contribution >= 4 is 17.4 Å². The van der Waals surface area contributed by atoms with Gasteiger partial charge in [0.2, 0.25) is 0 Å². The number of likely N-dealkylation sites (N-methyl/N-ethyl adjacent to an activating group) is 1. The van der Waals surface area contributed by atoms with Crippen LogP contribution in [0.4, 0.5) is 4.39 Å². The van der Waals surface area contributed by atoms with Crippen molar-refractivity contribution in [3.8, 4) is 16.9 Å². The zero-order chi connectivity index (χ0) is 22.1. The predicted octanol–water partition coefficient (Wildman–Crippen LogP) is 3.19. The molecule has 0 saturated carbocycles. The van der Waals surface area contributed by atoms with Crippen molar-refractivity contribution in [1.29, 1.82) is 0 Å². The van der Waals surface area contributed by atoms with Gasteiger partial charge < -0.3 is 10.0 Å². The highest BCUT2D eigenvalue weighted by atomic mass is 35.5. The lowest BCUT2D eigenvalue weighted by Gasteiger charge is -2.14. The highest BCUT2D eigenvalue weighted by Crippen LogP contribution is 2.24. The number of carbonyl (C=O) groups is 1. The molecule has 1 aromatic heterocycles.